The van der Waals surface area contributed by atoms with Crippen LogP contribution in [-0.4, -0.2) is 19.8 Å². The van der Waals surface area contributed by atoms with Crippen molar-refractivity contribution < 1.29 is 10.0 Å². The van der Waals surface area contributed by atoms with E-state index < -0.39 is 11.0 Å². The van der Waals surface area contributed by atoms with Gasteiger partial charge in [-0.3, -0.25) is 0 Å². The highest BCUT2D eigenvalue weighted by atomic mass is 16.6. The fraction of sp³-hybridized carbons (Fsp3) is 0.625. The van der Waals surface area contributed by atoms with Gasteiger partial charge in [0.25, 0.3) is 0 Å². The Morgan fingerprint density at radius 3 is 2.50 bits per heavy atom. The fourth-order valence-corrected chi connectivity index (χ4v) is 1.23. The third-order valence-corrected chi connectivity index (χ3v) is 1.91. The molecule has 0 aliphatic heterocycles. The molecule has 1 aromatic rings. The van der Waals surface area contributed by atoms with Gasteiger partial charge >= 0.3 is 5.82 Å². The zero-order chi connectivity index (χ0) is 10.9. The molecular weight excluding hydrogens is 186 g/mol. The average Bonchev–Trinajstić information content (AvgIpc) is 2.46. The van der Waals surface area contributed by atoms with Crippen molar-refractivity contribution in [3.05, 3.63) is 21.9 Å². The summed E-state index contributed by atoms with van der Waals surface area (Å²) >= 11 is 0. The van der Waals surface area contributed by atoms with Crippen LogP contribution in [0.1, 0.15) is 38.5 Å². The third kappa shape index (κ3) is 1.74. The predicted molar refractivity (Wildman–Crippen MR) is 49.9 cm³/mol. The van der Waals surface area contributed by atoms with Crippen LogP contribution in [0.4, 0.5) is 5.82 Å². The summed E-state index contributed by atoms with van der Waals surface area (Å²) in [5, 5.41) is 23.9. The van der Waals surface area contributed by atoms with E-state index in [9.17, 15) is 15.2 Å². The molecular formula is C8H13N3O3. The zero-order valence-corrected chi connectivity index (χ0v) is 8.34. The van der Waals surface area contributed by atoms with Crippen LogP contribution >= 0.6 is 0 Å². The molecule has 1 rings (SSSR count). The summed E-state index contributed by atoms with van der Waals surface area (Å²) in [7, 11) is 0. The van der Waals surface area contributed by atoms with Crippen LogP contribution in [0.25, 0.3) is 0 Å². The van der Waals surface area contributed by atoms with E-state index in [1.807, 2.05) is 0 Å². The van der Waals surface area contributed by atoms with Crippen LogP contribution in [0, 0.1) is 10.1 Å². The molecule has 0 radical (unpaired) electrons. The van der Waals surface area contributed by atoms with Gasteiger partial charge in [0, 0.05) is 0 Å². The molecule has 1 atom stereocenters. The first-order valence-electron chi connectivity index (χ1n) is 4.35. The lowest BCUT2D eigenvalue weighted by Crippen LogP contribution is -2.08. The minimum Gasteiger partial charge on any atom is -0.388 e. The van der Waals surface area contributed by atoms with Gasteiger partial charge in [-0.05, 0) is 25.7 Å². The van der Waals surface area contributed by atoms with E-state index in [1.54, 1.807) is 13.8 Å². The predicted octanol–water partition coefficient (Wildman–Crippen LogP) is 1.43. The molecule has 0 aromatic carbocycles. The van der Waals surface area contributed by atoms with E-state index in [4.69, 9.17) is 0 Å². The number of nitrogens with zero attached hydrogens (tertiary/aromatic N) is 3. The number of aliphatic hydroxyl groups excluding tert-OH is 1. The Bertz CT molecular complexity index is 318. The van der Waals surface area contributed by atoms with Crippen LogP contribution in [0.3, 0.4) is 0 Å². The van der Waals surface area contributed by atoms with Crippen LogP contribution in [-0.2, 0) is 0 Å². The van der Waals surface area contributed by atoms with Gasteiger partial charge in [-0.2, -0.15) is 0 Å². The van der Waals surface area contributed by atoms with Crippen molar-refractivity contribution in [3.63, 3.8) is 0 Å². The summed E-state index contributed by atoms with van der Waals surface area (Å²) in [6.07, 6.45) is 0.464. The van der Waals surface area contributed by atoms with Crippen molar-refractivity contribution in [1.29, 1.82) is 0 Å². The van der Waals surface area contributed by atoms with E-state index in [0.29, 0.717) is 0 Å². The molecule has 1 heterocycles. The topological polar surface area (TPSA) is 81.2 Å². The standard InChI is InChI=1S/C8H13N3O3/c1-5(2)10-8(11(13)14)7(4-9-10)6(3)12/h4-6,12H,1-3H3. The molecule has 1 unspecified atom stereocenters. The largest absolute Gasteiger partial charge is 0.388 e. The van der Waals surface area contributed by atoms with Gasteiger partial charge in [-0.1, -0.05) is 5.10 Å². The minimum absolute atomic E-state index is 0.0945. The highest BCUT2D eigenvalue weighted by Gasteiger charge is 2.26. The quantitative estimate of drug-likeness (QED) is 0.589. The number of aromatic nitrogens is 2. The van der Waals surface area contributed by atoms with E-state index >= 15 is 0 Å². The smallest absolute Gasteiger partial charge is 0.350 e. The van der Waals surface area contributed by atoms with Crippen molar-refractivity contribution in [1.82, 2.24) is 9.78 Å². The van der Waals surface area contributed by atoms with Gasteiger partial charge in [0.05, 0.1) is 17.9 Å². The molecule has 0 amide bonds. The van der Waals surface area contributed by atoms with Gasteiger partial charge < -0.3 is 15.2 Å². The van der Waals surface area contributed by atoms with Crippen molar-refractivity contribution in [2.45, 2.75) is 32.9 Å². The minimum atomic E-state index is -0.872. The van der Waals surface area contributed by atoms with Crippen molar-refractivity contribution in [3.8, 4) is 0 Å². The number of rotatable bonds is 3. The van der Waals surface area contributed by atoms with Crippen molar-refractivity contribution in [2.75, 3.05) is 0 Å². The van der Waals surface area contributed by atoms with Crippen LogP contribution in [0.15, 0.2) is 6.20 Å². The summed E-state index contributed by atoms with van der Waals surface area (Å²) in [6, 6.07) is -0.0945. The Balaban J connectivity index is 3.28. The lowest BCUT2D eigenvalue weighted by atomic mass is 10.2. The Morgan fingerprint density at radius 2 is 2.14 bits per heavy atom. The van der Waals surface area contributed by atoms with Crippen molar-refractivity contribution >= 4 is 5.82 Å². The lowest BCUT2D eigenvalue weighted by Gasteiger charge is -2.05. The molecule has 6 heteroatoms. The van der Waals surface area contributed by atoms with E-state index in [-0.39, 0.29) is 17.4 Å². The van der Waals surface area contributed by atoms with E-state index in [1.165, 1.54) is 17.8 Å². The van der Waals surface area contributed by atoms with Gasteiger partial charge in [0.2, 0.25) is 0 Å². The molecule has 0 aliphatic carbocycles. The first-order valence-corrected chi connectivity index (χ1v) is 4.35. The third-order valence-electron chi connectivity index (χ3n) is 1.91. The molecule has 0 fully saturated rings. The molecule has 0 saturated heterocycles. The fourth-order valence-electron chi connectivity index (χ4n) is 1.23. The summed E-state index contributed by atoms with van der Waals surface area (Å²) in [4.78, 5) is 10.2. The zero-order valence-electron chi connectivity index (χ0n) is 8.34. The highest BCUT2D eigenvalue weighted by Crippen LogP contribution is 2.26. The average molecular weight is 199 g/mol. The molecule has 14 heavy (non-hydrogen) atoms. The van der Waals surface area contributed by atoms with E-state index in [0.717, 1.165) is 0 Å². The van der Waals surface area contributed by atoms with Gasteiger partial charge in [0.15, 0.2) is 0 Å². The van der Waals surface area contributed by atoms with Gasteiger partial charge in [-0.25, -0.2) is 0 Å². The SMILES string of the molecule is CC(O)c1cnn(C(C)C)c1[N+](=O)[O-]. The Morgan fingerprint density at radius 1 is 1.57 bits per heavy atom. The van der Waals surface area contributed by atoms with Crippen LogP contribution < -0.4 is 0 Å². The first-order chi connectivity index (χ1) is 6.45. The number of hydrogen-bond acceptors (Lipinski definition) is 4. The van der Waals surface area contributed by atoms with Crippen molar-refractivity contribution in [2.24, 2.45) is 0 Å². The lowest BCUT2D eigenvalue weighted by molar-refractivity contribution is -0.394. The maximum absolute atomic E-state index is 10.7. The summed E-state index contributed by atoms with van der Waals surface area (Å²) in [5.41, 5.74) is 0.253. The van der Waals surface area contributed by atoms with Gasteiger partial charge in [-0.15, -0.1) is 4.68 Å². The normalized spacial score (nSPS) is 13.2. The van der Waals surface area contributed by atoms with Crippen LogP contribution in [0.5, 0.6) is 0 Å². The Labute approximate surface area is 81.3 Å². The molecule has 1 N–H and O–H groups in total. The second-order valence-corrected chi connectivity index (χ2v) is 3.39. The molecule has 78 valence electrons. The molecule has 0 saturated carbocycles. The number of aliphatic hydroxyl groups is 1. The van der Waals surface area contributed by atoms with E-state index in [2.05, 4.69) is 5.10 Å². The molecule has 0 spiro atoms. The molecule has 1 aromatic heterocycles. The molecule has 0 bridgehead atoms. The Hall–Kier alpha value is -1.43. The van der Waals surface area contributed by atoms with Gasteiger partial charge in [0.1, 0.15) is 6.04 Å². The summed E-state index contributed by atoms with van der Waals surface area (Å²) < 4.78 is 1.29. The Kier molecular flexibility index (Phi) is 2.85. The summed E-state index contributed by atoms with van der Waals surface area (Å²) in [6.45, 7) is 5.08. The monoisotopic (exact) mass is 199 g/mol. The van der Waals surface area contributed by atoms with Crippen LogP contribution in [0.2, 0.25) is 0 Å². The molecule has 6 nitrogen and oxygen atoms in total. The molecule has 0 aliphatic rings. The number of nitro groups is 1. The maximum atomic E-state index is 10.7. The summed E-state index contributed by atoms with van der Waals surface area (Å²) in [5.74, 6) is -0.130. The maximum Gasteiger partial charge on any atom is 0.350 e. The highest BCUT2D eigenvalue weighted by molar-refractivity contribution is 5.33. The first kappa shape index (κ1) is 10.6. The second-order valence-electron chi connectivity index (χ2n) is 3.39. The number of hydrogen-bond donors (Lipinski definition) is 1. The second kappa shape index (κ2) is 3.75.